The van der Waals surface area contributed by atoms with Crippen LogP contribution in [0.5, 0.6) is 0 Å². The fourth-order valence-corrected chi connectivity index (χ4v) is 2.96. The van der Waals surface area contributed by atoms with Crippen LogP contribution in [0.25, 0.3) is 5.69 Å². The highest BCUT2D eigenvalue weighted by Crippen LogP contribution is 2.25. The van der Waals surface area contributed by atoms with Gasteiger partial charge in [-0.2, -0.15) is 5.10 Å². The third-order valence-corrected chi connectivity index (χ3v) is 4.29. The van der Waals surface area contributed by atoms with Gasteiger partial charge in [0.1, 0.15) is 17.3 Å². The molecule has 7 heteroatoms. The summed E-state index contributed by atoms with van der Waals surface area (Å²) in [6.45, 7) is 6.72. The average Bonchev–Trinajstić information content (AvgIpc) is 3.27. The number of hydrogen-bond acceptors (Lipinski definition) is 4. The lowest BCUT2D eigenvalue weighted by molar-refractivity contribution is 0.200. The summed E-state index contributed by atoms with van der Waals surface area (Å²) in [6, 6.07) is 6.45. The van der Waals surface area contributed by atoms with Gasteiger partial charge in [-0.15, -0.1) is 0 Å². The summed E-state index contributed by atoms with van der Waals surface area (Å²) in [5.41, 5.74) is 0.386. The summed E-state index contributed by atoms with van der Waals surface area (Å²) in [4.78, 5) is 9.13. The second-order valence-electron chi connectivity index (χ2n) is 6.52. The zero-order valence-electron chi connectivity index (χ0n) is 15.6. The highest BCUT2D eigenvalue weighted by Gasteiger charge is 2.23. The molecule has 0 aliphatic rings. The molecule has 0 fully saturated rings. The van der Waals surface area contributed by atoms with Crippen LogP contribution in [0.4, 0.5) is 4.39 Å². The molecule has 3 rings (SSSR count). The Morgan fingerprint density at radius 2 is 1.92 bits per heavy atom. The van der Waals surface area contributed by atoms with Gasteiger partial charge in [-0.1, -0.05) is 26.0 Å². The highest BCUT2D eigenvalue weighted by molar-refractivity contribution is 5.34. The number of nitrogens with zero attached hydrogens (tertiary/aromatic N) is 5. The van der Waals surface area contributed by atoms with Gasteiger partial charge in [-0.3, -0.25) is 0 Å². The molecule has 0 radical (unpaired) electrons. The minimum atomic E-state index is -0.334. The van der Waals surface area contributed by atoms with Crippen molar-refractivity contribution in [1.82, 2.24) is 24.3 Å². The molecule has 0 bridgehead atoms. The molecular formula is C19H24FN5O. The molecule has 2 aromatic heterocycles. The van der Waals surface area contributed by atoms with Crippen molar-refractivity contribution in [2.24, 2.45) is 0 Å². The number of ether oxygens (including phenoxy) is 1. The molecule has 0 saturated heterocycles. The largest absolute Gasteiger partial charge is 0.384 e. The monoisotopic (exact) mass is 357 g/mol. The van der Waals surface area contributed by atoms with E-state index in [0.29, 0.717) is 30.4 Å². The second-order valence-corrected chi connectivity index (χ2v) is 6.52. The Labute approximate surface area is 152 Å². The zero-order chi connectivity index (χ0) is 18.7. The van der Waals surface area contributed by atoms with Crippen molar-refractivity contribution < 1.29 is 9.13 Å². The second kappa shape index (κ2) is 7.78. The van der Waals surface area contributed by atoms with Crippen molar-refractivity contribution in [2.45, 2.75) is 39.2 Å². The SMILES string of the molecule is COCCc1nc([C@H](C)n2ccnc2C(C)C)n(-c2ccccc2F)n1. The Morgan fingerprint density at radius 3 is 2.62 bits per heavy atom. The summed E-state index contributed by atoms with van der Waals surface area (Å²) in [5.74, 6) is 2.19. The molecule has 0 amide bonds. The van der Waals surface area contributed by atoms with Gasteiger partial charge in [0, 0.05) is 31.8 Å². The first-order chi connectivity index (χ1) is 12.5. The first-order valence-electron chi connectivity index (χ1n) is 8.75. The number of rotatable bonds is 7. The lowest BCUT2D eigenvalue weighted by Crippen LogP contribution is -2.16. The maximum atomic E-state index is 14.4. The van der Waals surface area contributed by atoms with E-state index >= 15 is 0 Å². The minimum Gasteiger partial charge on any atom is -0.384 e. The molecule has 2 heterocycles. The van der Waals surface area contributed by atoms with Crippen molar-refractivity contribution >= 4 is 0 Å². The van der Waals surface area contributed by atoms with Crippen molar-refractivity contribution in [3.05, 3.63) is 59.9 Å². The van der Waals surface area contributed by atoms with Crippen LogP contribution in [-0.4, -0.2) is 38.0 Å². The summed E-state index contributed by atoms with van der Waals surface area (Å²) in [5, 5.41) is 4.54. The summed E-state index contributed by atoms with van der Waals surface area (Å²) in [6.07, 6.45) is 4.27. The fourth-order valence-electron chi connectivity index (χ4n) is 2.96. The van der Waals surface area contributed by atoms with Gasteiger partial charge >= 0.3 is 0 Å². The zero-order valence-corrected chi connectivity index (χ0v) is 15.6. The first-order valence-corrected chi connectivity index (χ1v) is 8.75. The Hall–Kier alpha value is -2.54. The van der Waals surface area contributed by atoms with E-state index in [0.717, 1.165) is 5.82 Å². The molecule has 0 unspecified atom stereocenters. The fraction of sp³-hybridized carbons (Fsp3) is 0.421. The molecule has 0 aliphatic carbocycles. The van der Waals surface area contributed by atoms with Crippen LogP contribution in [0.2, 0.25) is 0 Å². The van der Waals surface area contributed by atoms with Crippen molar-refractivity contribution in [3.8, 4) is 5.69 Å². The Morgan fingerprint density at radius 1 is 1.15 bits per heavy atom. The van der Waals surface area contributed by atoms with Crippen molar-refractivity contribution in [2.75, 3.05) is 13.7 Å². The number of methoxy groups -OCH3 is 1. The summed E-state index contributed by atoms with van der Waals surface area (Å²) >= 11 is 0. The molecule has 3 aromatic rings. The average molecular weight is 357 g/mol. The van der Waals surface area contributed by atoms with E-state index < -0.39 is 0 Å². The van der Waals surface area contributed by atoms with Crippen LogP contribution >= 0.6 is 0 Å². The number of benzene rings is 1. The number of para-hydroxylation sites is 1. The van der Waals surface area contributed by atoms with E-state index in [4.69, 9.17) is 4.74 Å². The predicted octanol–water partition coefficient (Wildman–Crippen LogP) is 3.52. The molecule has 6 nitrogen and oxygen atoms in total. The van der Waals surface area contributed by atoms with Crippen molar-refractivity contribution in [1.29, 1.82) is 0 Å². The van der Waals surface area contributed by atoms with Crippen LogP contribution < -0.4 is 0 Å². The Kier molecular flexibility index (Phi) is 5.46. The van der Waals surface area contributed by atoms with Gasteiger partial charge in [0.15, 0.2) is 11.6 Å². The number of hydrogen-bond donors (Lipinski definition) is 0. The van der Waals surface area contributed by atoms with Gasteiger partial charge in [-0.05, 0) is 19.1 Å². The minimum absolute atomic E-state index is 0.140. The standard InChI is InChI=1S/C19H24FN5O/c1-13(2)18-21-10-11-24(18)14(3)19-22-17(9-12-26-4)23-25(19)16-8-6-5-7-15(16)20/h5-8,10-11,13-14H,9,12H2,1-4H3/t14-/m0/s1. The summed E-state index contributed by atoms with van der Waals surface area (Å²) in [7, 11) is 1.64. The number of halogens is 1. The molecule has 0 saturated carbocycles. The van der Waals surface area contributed by atoms with Gasteiger partial charge < -0.3 is 9.30 Å². The normalized spacial score (nSPS) is 12.7. The van der Waals surface area contributed by atoms with E-state index in [1.165, 1.54) is 6.07 Å². The van der Waals surface area contributed by atoms with Gasteiger partial charge in [0.25, 0.3) is 0 Å². The highest BCUT2D eigenvalue weighted by atomic mass is 19.1. The van der Waals surface area contributed by atoms with Crippen LogP contribution in [0, 0.1) is 5.82 Å². The predicted molar refractivity (Wildman–Crippen MR) is 97.0 cm³/mol. The van der Waals surface area contributed by atoms with E-state index in [2.05, 4.69) is 33.5 Å². The maximum absolute atomic E-state index is 14.4. The molecule has 26 heavy (non-hydrogen) atoms. The van der Waals surface area contributed by atoms with E-state index in [1.54, 1.807) is 36.2 Å². The van der Waals surface area contributed by atoms with E-state index in [1.807, 2.05) is 13.1 Å². The number of imidazole rings is 1. The smallest absolute Gasteiger partial charge is 0.155 e. The van der Waals surface area contributed by atoms with Gasteiger partial charge in [-0.25, -0.2) is 19.0 Å². The topological polar surface area (TPSA) is 57.8 Å². The van der Waals surface area contributed by atoms with E-state index in [9.17, 15) is 4.39 Å². The molecule has 1 aromatic carbocycles. The molecule has 1 atom stereocenters. The lowest BCUT2D eigenvalue weighted by Gasteiger charge is -2.18. The number of aromatic nitrogens is 5. The Balaban J connectivity index is 2.08. The first kappa shape index (κ1) is 18.3. The molecular weight excluding hydrogens is 333 g/mol. The summed E-state index contributed by atoms with van der Waals surface area (Å²) < 4.78 is 23.2. The molecule has 0 spiro atoms. The van der Waals surface area contributed by atoms with Crippen LogP contribution in [-0.2, 0) is 11.2 Å². The molecule has 138 valence electrons. The molecule has 0 aliphatic heterocycles. The lowest BCUT2D eigenvalue weighted by atomic mass is 10.2. The maximum Gasteiger partial charge on any atom is 0.155 e. The van der Waals surface area contributed by atoms with Crippen LogP contribution in [0.3, 0.4) is 0 Å². The Bertz CT molecular complexity index is 870. The van der Waals surface area contributed by atoms with Crippen LogP contribution in [0.15, 0.2) is 36.7 Å². The van der Waals surface area contributed by atoms with Gasteiger partial charge in [0.05, 0.1) is 12.6 Å². The third kappa shape index (κ3) is 3.53. The molecule has 0 N–H and O–H groups in total. The van der Waals surface area contributed by atoms with Crippen LogP contribution in [0.1, 0.15) is 50.2 Å². The third-order valence-electron chi connectivity index (χ3n) is 4.29. The van der Waals surface area contributed by atoms with Gasteiger partial charge in [0.2, 0.25) is 0 Å². The quantitative estimate of drug-likeness (QED) is 0.649. The van der Waals surface area contributed by atoms with E-state index in [-0.39, 0.29) is 17.8 Å². The van der Waals surface area contributed by atoms with Crippen molar-refractivity contribution in [3.63, 3.8) is 0 Å².